The second kappa shape index (κ2) is 9.72. The van der Waals surface area contributed by atoms with Crippen molar-refractivity contribution in [2.75, 3.05) is 24.5 Å². The summed E-state index contributed by atoms with van der Waals surface area (Å²) in [6.07, 6.45) is 1.93. The second-order valence-electron chi connectivity index (χ2n) is 8.72. The number of halogens is 2. The van der Waals surface area contributed by atoms with Crippen LogP contribution in [-0.2, 0) is 14.8 Å². The van der Waals surface area contributed by atoms with E-state index in [1.165, 1.54) is 6.20 Å². The van der Waals surface area contributed by atoms with Gasteiger partial charge in [-0.15, -0.1) is 10.2 Å². The van der Waals surface area contributed by atoms with Crippen molar-refractivity contribution in [1.29, 1.82) is 0 Å². The summed E-state index contributed by atoms with van der Waals surface area (Å²) in [7, 11) is -3.80. The van der Waals surface area contributed by atoms with Crippen molar-refractivity contribution in [1.82, 2.24) is 29.6 Å². The summed E-state index contributed by atoms with van der Waals surface area (Å²) in [6.45, 7) is 5.84. The molecule has 0 spiro atoms. The predicted molar refractivity (Wildman–Crippen MR) is 125 cm³/mol. The van der Waals surface area contributed by atoms with Crippen LogP contribution in [-0.4, -0.2) is 70.8 Å². The molecule has 0 amide bonds. The smallest absolute Gasteiger partial charge is 0.291 e. The summed E-state index contributed by atoms with van der Waals surface area (Å²) in [5, 5.41) is 17.5. The topological polar surface area (TPSA) is 142 Å². The zero-order valence-electron chi connectivity index (χ0n) is 19.0. The van der Waals surface area contributed by atoms with Gasteiger partial charge in [0.15, 0.2) is 15.8 Å². The standard InChI is InChI=1S/C19H23F2N7O2S2.CH2O2/c1-11-9-27(6-5-22-11)13-7-12(32(29,30)26-19(2)3-4-19)10-28-14(13)8-23-16(28)18-25-24-17(31-18)15(20)21;2-1-3/h7-8,10-11,15,22,26H,3-6,9H2,1-2H3;1H,(H,2,3)/t11-;/m1./s1. The van der Waals surface area contributed by atoms with Crippen LogP contribution in [0, 0.1) is 0 Å². The monoisotopic (exact) mass is 529 g/mol. The van der Waals surface area contributed by atoms with E-state index >= 15 is 0 Å². The number of rotatable bonds is 6. The number of fused-ring (bicyclic) bond motifs is 1. The number of alkyl halides is 2. The van der Waals surface area contributed by atoms with Gasteiger partial charge in [0.1, 0.15) is 4.90 Å². The molecule has 0 aromatic carbocycles. The second-order valence-corrected chi connectivity index (χ2v) is 11.4. The highest BCUT2D eigenvalue weighted by Crippen LogP contribution is 2.37. The van der Waals surface area contributed by atoms with Gasteiger partial charge in [0.25, 0.3) is 12.9 Å². The molecule has 3 N–H and O–H groups in total. The molecule has 0 unspecified atom stereocenters. The first-order valence-corrected chi connectivity index (χ1v) is 13.1. The molecule has 190 valence electrons. The fraction of sp³-hybridized carbons (Fsp3) is 0.500. The minimum atomic E-state index is -3.80. The number of piperazine rings is 1. The van der Waals surface area contributed by atoms with E-state index in [2.05, 4.69) is 37.0 Å². The molecular weight excluding hydrogens is 504 g/mol. The number of nitrogens with zero attached hydrogens (tertiary/aromatic N) is 5. The van der Waals surface area contributed by atoms with E-state index in [0.717, 1.165) is 36.4 Å². The van der Waals surface area contributed by atoms with Crippen molar-refractivity contribution in [2.24, 2.45) is 0 Å². The number of imidazole rings is 1. The highest BCUT2D eigenvalue weighted by molar-refractivity contribution is 7.89. The summed E-state index contributed by atoms with van der Waals surface area (Å²) in [6, 6.07) is 1.89. The molecule has 35 heavy (non-hydrogen) atoms. The lowest BCUT2D eigenvalue weighted by Gasteiger charge is -2.34. The third-order valence-electron chi connectivity index (χ3n) is 5.81. The molecule has 15 heteroatoms. The summed E-state index contributed by atoms with van der Waals surface area (Å²) in [4.78, 5) is 15.0. The molecule has 2 aliphatic rings. The Labute approximate surface area is 204 Å². The van der Waals surface area contributed by atoms with E-state index in [-0.39, 0.29) is 28.2 Å². The Morgan fingerprint density at radius 1 is 1.37 bits per heavy atom. The van der Waals surface area contributed by atoms with Crippen LogP contribution in [0.25, 0.3) is 16.3 Å². The van der Waals surface area contributed by atoms with Crippen LogP contribution < -0.4 is 14.9 Å². The maximum atomic E-state index is 13.2. The summed E-state index contributed by atoms with van der Waals surface area (Å²) >= 11 is 0.745. The van der Waals surface area contributed by atoms with Crippen molar-refractivity contribution in [2.45, 2.75) is 49.6 Å². The van der Waals surface area contributed by atoms with Gasteiger partial charge in [-0.2, -0.15) is 0 Å². The molecular formula is C20H25F2N7O4S2. The van der Waals surface area contributed by atoms with E-state index in [1.54, 1.807) is 16.7 Å². The maximum Gasteiger partial charge on any atom is 0.291 e. The first-order valence-electron chi connectivity index (χ1n) is 10.8. The number of nitrogens with one attached hydrogen (secondary N) is 2. The lowest BCUT2D eigenvalue weighted by atomic mass is 10.2. The average molecular weight is 530 g/mol. The Morgan fingerprint density at radius 2 is 2.09 bits per heavy atom. The number of carboxylic acid groups (broad SMARTS) is 1. The van der Waals surface area contributed by atoms with E-state index in [9.17, 15) is 17.2 Å². The predicted octanol–water partition coefficient (Wildman–Crippen LogP) is 2.12. The lowest BCUT2D eigenvalue weighted by molar-refractivity contribution is -0.122. The molecule has 3 aromatic heterocycles. The summed E-state index contributed by atoms with van der Waals surface area (Å²) in [5.74, 6) is 0.281. The molecule has 1 saturated carbocycles. The number of anilines is 1. The average Bonchev–Trinajstić information content (AvgIpc) is 3.18. The van der Waals surface area contributed by atoms with Gasteiger partial charge in [0.2, 0.25) is 10.0 Å². The number of pyridine rings is 1. The number of carbonyl (C=O) groups is 1. The van der Waals surface area contributed by atoms with Gasteiger partial charge in [0, 0.05) is 37.4 Å². The van der Waals surface area contributed by atoms with Crippen LogP contribution in [0.5, 0.6) is 0 Å². The van der Waals surface area contributed by atoms with Crippen LogP contribution in [0.3, 0.4) is 0 Å². The quantitative estimate of drug-likeness (QED) is 0.409. The molecule has 3 aromatic rings. The van der Waals surface area contributed by atoms with Crippen molar-refractivity contribution in [3.05, 3.63) is 23.5 Å². The highest BCUT2D eigenvalue weighted by atomic mass is 32.2. The molecule has 0 bridgehead atoms. The highest BCUT2D eigenvalue weighted by Gasteiger charge is 2.41. The molecule has 4 heterocycles. The van der Waals surface area contributed by atoms with E-state index in [0.29, 0.717) is 18.6 Å². The first-order chi connectivity index (χ1) is 16.6. The van der Waals surface area contributed by atoms with Crippen LogP contribution in [0.1, 0.15) is 38.1 Å². The number of hydrogen-bond donors (Lipinski definition) is 3. The van der Waals surface area contributed by atoms with Crippen molar-refractivity contribution < 1.29 is 27.1 Å². The number of aromatic nitrogens is 4. The van der Waals surface area contributed by atoms with Crippen molar-refractivity contribution in [3.8, 4) is 10.8 Å². The minimum Gasteiger partial charge on any atom is -0.483 e. The Kier molecular flexibility index (Phi) is 7.04. The Bertz CT molecular complexity index is 1320. The van der Waals surface area contributed by atoms with Crippen molar-refractivity contribution in [3.63, 3.8) is 0 Å². The Hall–Kier alpha value is -2.75. The van der Waals surface area contributed by atoms with Gasteiger partial charge >= 0.3 is 0 Å². The van der Waals surface area contributed by atoms with Crippen LogP contribution in [0.4, 0.5) is 14.5 Å². The molecule has 1 atom stereocenters. The largest absolute Gasteiger partial charge is 0.483 e. The van der Waals surface area contributed by atoms with Crippen LogP contribution in [0.2, 0.25) is 0 Å². The van der Waals surface area contributed by atoms with Gasteiger partial charge in [0.05, 0.1) is 17.4 Å². The van der Waals surface area contributed by atoms with Crippen LogP contribution in [0.15, 0.2) is 23.4 Å². The van der Waals surface area contributed by atoms with Gasteiger partial charge < -0.3 is 15.3 Å². The number of sulfonamides is 1. The molecule has 1 aliphatic carbocycles. The van der Waals surface area contributed by atoms with E-state index < -0.39 is 27.0 Å². The summed E-state index contributed by atoms with van der Waals surface area (Å²) < 4.78 is 56.9. The van der Waals surface area contributed by atoms with Crippen molar-refractivity contribution >= 4 is 39.0 Å². The lowest BCUT2D eigenvalue weighted by Crippen LogP contribution is -2.49. The fourth-order valence-corrected chi connectivity index (χ4v) is 6.02. The third kappa shape index (κ3) is 5.42. The molecule has 5 rings (SSSR count). The number of hydrogen-bond acceptors (Lipinski definition) is 9. The minimum absolute atomic E-state index is 0.0946. The van der Waals surface area contributed by atoms with Gasteiger partial charge in [-0.3, -0.25) is 9.20 Å². The first kappa shape index (κ1) is 25.3. The molecule has 1 saturated heterocycles. The normalized spacial score (nSPS) is 19.5. The molecule has 2 fully saturated rings. The fourth-order valence-electron chi connectivity index (χ4n) is 3.85. The molecule has 11 nitrogen and oxygen atoms in total. The molecule has 1 aliphatic heterocycles. The van der Waals surface area contributed by atoms with E-state index in [4.69, 9.17) is 9.90 Å². The van der Waals surface area contributed by atoms with Crippen LogP contribution >= 0.6 is 11.3 Å². The third-order valence-corrected chi connectivity index (χ3v) is 8.35. The Balaban J connectivity index is 0.000000917. The maximum absolute atomic E-state index is 13.2. The summed E-state index contributed by atoms with van der Waals surface area (Å²) in [5.41, 5.74) is 0.972. The zero-order chi connectivity index (χ0) is 25.4. The zero-order valence-corrected chi connectivity index (χ0v) is 20.6. The molecule has 0 radical (unpaired) electrons. The van der Waals surface area contributed by atoms with Gasteiger partial charge in [-0.25, -0.2) is 26.9 Å². The SMILES string of the molecule is C[C@@H]1CN(c2cc(S(=O)(=O)NC3(C)CC3)cn3c(-c4nnc(C(F)F)s4)ncc23)CCN1.O=CO. The van der Waals surface area contributed by atoms with Gasteiger partial charge in [-0.1, -0.05) is 11.3 Å². The Morgan fingerprint density at radius 3 is 2.69 bits per heavy atom. The van der Waals surface area contributed by atoms with E-state index in [1.807, 2.05) is 6.92 Å². The van der Waals surface area contributed by atoms with Gasteiger partial charge in [-0.05, 0) is 32.8 Å².